The molecule has 3 N–H and O–H groups in total. The second kappa shape index (κ2) is 14.4. The number of carboxylic acids is 1. The van der Waals surface area contributed by atoms with E-state index in [9.17, 15) is 37.5 Å². The number of methoxy groups -OCH3 is 1. The normalized spacial score (nSPS) is 19.0. The third-order valence-electron chi connectivity index (χ3n) is 10.8. The molecule has 1 saturated carbocycles. The van der Waals surface area contributed by atoms with Gasteiger partial charge in [0.25, 0.3) is 0 Å². The van der Waals surface area contributed by atoms with Crippen molar-refractivity contribution in [2.45, 2.75) is 50.6 Å². The maximum Gasteiger partial charge on any atom is 0.420 e. The van der Waals surface area contributed by atoms with Gasteiger partial charge >= 0.3 is 12.1 Å². The Kier molecular flexibility index (Phi) is 9.81. The number of alkyl halides is 3. The summed E-state index contributed by atoms with van der Waals surface area (Å²) in [5.41, 5.74) is -0.295. The highest BCUT2D eigenvalue weighted by atomic mass is 19.4. The molecule has 1 atom stereocenters. The maximum absolute atomic E-state index is 14.4. The lowest BCUT2D eigenvalue weighted by atomic mass is 9.58. The summed E-state index contributed by atoms with van der Waals surface area (Å²) in [6, 6.07) is 10.1. The van der Waals surface area contributed by atoms with Crippen LogP contribution in [0.25, 0.3) is 22.0 Å². The van der Waals surface area contributed by atoms with Crippen LogP contribution in [0.2, 0.25) is 0 Å². The Morgan fingerprint density at radius 2 is 1.81 bits per heavy atom. The Hall–Kier alpha value is -5.51. The second-order valence-electron chi connectivity index (χ2n) is 14.3. The van der Waals surface area contributed by atoms with E-state index in [1.165, 1.54) is 43.6 Å². The van der Waals surface area contributed by atoms with E-state index in [0.29, 0.717) is 47.5 Å². The SMILES string of the molecule is COc1c(NC(=O)CN2CCC3(CC2)CC(COc2cccc(-c4cccnc4C(=O)O)c2C(F)(F)F)C3)ccc2c(C3CCC(=O)NC3=O)nn(C)c12. The number of aryl methyl sites for hydroxylation is 1. The summed E-state index contributed by atoms with van der Waals surface area (Å²) in [5.74, 6) is -2.81. The fraction of sp³-hybridized carbons (Fsp3) is 0.421. The van der Waals surface area contributed by atoms with Gasteiger partial charge in [0, 0.05) is 36.2 Å². The highest BCUT2D eigenvalue weighted by molar-refractivity contribution is 6.04. The molecule has 3 aliphatic rings. The lowest BCUT2D eigenvalue weighted by molar-refractivity contribution is -0.139. The van der Waals surface area contributed by atoms with E-state index < -0.39 is 35.2 Å². The van der Waals surface area contributed by atoms with Crippen molar-refractivity contribution in [3.8, 4) is 22.6 Å². The van der Waals surface area contributed by atoms with Crippen LogP contribution in [0.1, 0.15) is 66.2 Å². The quantitative estimate of drug-likeness (QED) is 0.179. The summed E-state index contributed by atoms with van der Waals surface area (Å²) >= 11 is 0. The van der Waals surface area contributed by atoms with Gasteiger partial charge in [-0.25, -0.2) is 9.78 Å². The first-order chi connectivity index (χ1) is 25.8. The third-order valence-corrected chi connectivity index (χ3v) is 10.8. The Labute approximate surface area is 307 Å². The highest BCUT2D eigenvalue weighted by Crippen LogP contribution is 2.53. The minimum Gasteiger partial charge on any atom is -0.493 e. The summed E-state index contributed by atoms with van der Waals surface area (Å²) < 4.78 is 56.2. The fourth-order valence-corrected chi connectivity index (χ4v) is 8.32. The first-order valence-electron chi connectivity index (χ1n) is 17.7. The summed E-state index contributed by atoms with van der Waals surface area (Å²) in [6.07, 6.45) is 0.268. The number of nitrogens with one attached hydrogen (secondary N) is 2. The van der Waals surface area contributed by atoms with Gasteiger partial charge in [-0.2, -0.15) is 18.3 Å². The topological polar surface area (TPSA) is 165 Å². The van der Waals surface area contributed by atoms with Crippen molar-refractivity contribution in [2.75, 3.05) is 38.7 Å². The number of imide groups is 1. The van der Waals surface area contributed by atoms with Crippen molar-refractivity contribution in [3.05, 3.63) is 65.6 Å². The molecule has 1 spiro atoms. The lowest BCUT2D eigenvalue weighted by Crippen LogP contribution is -2.49. The number of pyridine rings is 1. The number of halogens is 3. The zero-order valence-electron chi connectivity index (χ0n) is 29.7. The number of carbonyl (C=O) groups is 4. The molecule has 2 aliphatic heterocycles. The fourth-order valence-electron chi connectivity index (χ4n) is 8.32. The summed E-state index contributed by atoms with van der Waals surface area (Å²) in [5, 5.41) is 20.1. The van der Waals surface area contributed by atoms with Gasteiger partial charge in [0.2, 0.25) is 17.7 Å². The molecule has 4 heterocycles. The molecule has 2 saturated heterocycles. The Morgan fingerprint density at radius 1 is 1.07 bits per heavy atom. The monoisotopic (exact) mass is 748 g/mol. The number of amides is 3. The molecule has 16 heteroatoms. The number of rotatable bonds is 10. The van der Waals surface area contributed by atoms with E-state index in [1.54, 1.807) is 23.9 Å². The first-order valence-corrected chi connectivity index (χ1v) is 17.7. The summed E-state index contributed by atoms with van der Waals surface area (Å²) in [4.78, 5) is 55.0. The molecule has 2 aromatic heterocycles. The number of hydrogen-bond donors (Lipinski definition) is 3. The van der Waals surface area contributed by atoms with Crippen molar-refractivity contribution in [1.29, 1.82) is 0 Å². The van der Waals surface area contributed by atoms with Crippen LogP contribution >= 0.6 is 0 Å². The van der Waals surface area contributed by atoms with Gasteiger partial charge in [-0.1, -0.05) is 18.2 Å². The standard InChI is InChI=1S/C38H39F3N6O7/c1-46-33-24(31(45-46)25-9-11-28(48)44-35(25)50)8-10-26(34(33)53-2)43-29(49)19-47-15-12-37(13-16-47)17-21(18-37)20-54-27-7-3-5-22(30(27)38(39,40)41)23-6-4-14-42-32(23)36(51)52/h3-8,10,14,21,25H,9,11-13,15-20H2,1-2H3,(H,43,49)(H,51,52)(H,44,48,50). The number of benzene rings is 2. The van der Waals surface area contributed by atoms with Gasteiger partial charge in [0.05, 0.1) is 37.6 Å². The number of aromatic nitrogens is 3. The number of aromatic carboxylic acids is 1. The van der Waals surface area contributed by atoms with Gasteiger partial charge in [-0.15, -0.1) is 0 Å². The molecule has 4 aromatic rings. The van der Waals surface area contributed by atoms with Crippen LogP contribution in [-0.2, 0) is 27.6 Å². The molecule has 7 rings (SSSR count). The minimum atomic E-state index is -4.80. The molecule has 284 valence electrons. The average molecular weight is 749 g/mol. The van der Waals surface area contributed by atoms with Crippen LogP contribution in [-0.4, -0.2) is 81.8 Å². The molecule has 2 aromatic carbocycles. The van der Waals surface area contributed by atoms with Gasteiger partial charge in [-0.05, 0) is 80.8 Å². The second-order valence-corrected chi connectivity index (χ2v) is 14.3. The van der Waals surface area contributed by atoms with Gasteiger partial charge in [-0.3, -0.25) is 29.3 Å². The van der Waals surface area contributed by atoms with Crippen LogP contribution in [0, 0.1) is 11.3 Å². The summed E-state index contributed by atoms with van der Waals surface area (Å²) in [6.45, 7) is 1.63. The van der Waals surface area contributed by atoms with Crippen LogP contribution in [0.5, 0.6) is 11.5 Å². The van der Waals surface area contributed by atoms with E-state index in [4.69, 9.17) is 9.47 Å². The van der Waals surface area contributed by atoms with Crippen LogP contribution in [0.15, 0.2) is 48.7 Å². The van der Waals surface area contributed by atoms with Gasteiger partial charge < -0.3 is 19.9 Å². The molecule has 0 radical (unpaired) electrons. The number of carbonyl (C=O) groups excluding carboxylic acids is 3. The molecular weight excluding hydrogens is 709 g/mol. The van der Waals surface area contributed by atoms with Crippen molar-refractivity contribution in [3.63, 3.8) is 0 Å². The predicted molar refractivity (Wildman–Crippen MR) is 189 cm³/mol. The van der Waals surface area contributed by atoms with Crippen molar-refractivity contribution in [1.82, 2.24) is 25.0 Å². The predicted octanol–water partition coefficient (Wildman–Crippen LogP) is 5.39. The number of anilines is 1. The number of fused-ring (bicyclic) bond motifs is 1. The molecule has 1 aliphatic carbocycles. The van der Waals surface area contributed by atoms with Crippen molar-refractivity contribution >= 4 is 40.3 Å². The molecule has 54 heavy (non-hydrogen) atoms. The third kappa shape index (κ3) is 7.09. The Bertz CT molecular complexity index is 2140. The minimum absolute atomic E-state index is 0.0375. The van der Waals surface area contributed by atoms with E-state index in [0.717, 1.165) is 25.7 Å². The van der Waals surface area contributed by atoms with Crippen LogP contribution < -0.4 is 20.1 Å². The highest BCUT2D eigenvalue weighted by Gasteiger charge is 2.46. The Morgan fingerprint density at radius 3 is 2.50 bits per heavy atom. The van der Waals surface area contributed by atoms with E-state index in [1.807, 2.05) is 0 Å². The van der Waals surface area contributed by atoms with Gasteiger partial charge in [0.15, 0.2) is 11.4 Å². The molecule has 0 bridgehead atoms. The number of likely N-dealkylation sites (tertiary alicyclic amines) is 1. The van der Waals surface area contributed by atoms with Crippen molar-refractivity contribution < 1.29 is 46.9 Å². The van der Waals surface area contributed by atoms with E-state index >= 15 is 0 Å². The molecule has 1 unspecified atom stereocenters. The van der Waals surface area contributed by atoms with Crippen LogP contribution in [0.4, 0.5) is 18.9 Å². The number of piperidine rings is 2. The Balaban J connectivity index is 0.940. The van der Waals surface area contributed by atoms with Gasteiger partial charge in [0.1, 0.15) is 16.8 Å². The number of ether oxygens (including phenoxy) is 2. The maximum atomic E-state index is 14.4. The van der Waals surface area contributed by atoms with E-state index in [2.05, 4.69) is 25.6 Å². The number of hydrogen-bond acceptors (Lipinski definition) is 9. The van der Waals surface area contributed by atoms with Crippen LogP contribution in [0.3, 0.4) is 0 Å². The zero-order chi connectivity index (χ0) is 38.4. The molecular formula is C38H39F3N6O7. The number of nitrogens with zero attached hydrogens (tertiary/aromatic N) is 4. The number of carboxylic acid groups (broad SMARTS) is 1. The molecule has 3 amide bonds. The average Bonchev–Trinajstić information content (AvgIpc) is 3.45. The molecule has 13 nitrogen and oxygen atoms in total. The lowest BCUT2D eigenvalue weighted by Gasteiger charge is -2.52. The largest absolute Gasteiger partial charge is 0.493 e. The summed E-state index contributed by atoms with van der Waals surface area (Å²) in [7, 11) is 3.22. The van der Waals surface area contributed by atoms with E-state index in [-0.39, 0.29) is 59.6 Å². The zero-order valence-corrected chi connectivity index (χ0v) is 29.7. The first kappa shape index (κ1) is 36.8. The van der Waals surface area contributed by atoms with Crippen molar-refractivity contribution in [2.24, 2.45) is 18.4 Å². The smallest absolute Gasteiger partial charge is 0.420 e. The molecule has 3 fully saturated rings.